The van der Waals surface area contributed by atoms with E-state index in [1.54, 1.807) is 12.1 Å². The second-order valence-corrected chi connectivity index (χ2v) is 7.87. The van der Waals surface area contributed by atoms with Crippen LogP contribution in [0.3, 0.4) is 0 Å². The summed E-state index contributed by atoms with van der Waals surface area (Å²) in [6.07, 6.45) is 1.04. The molecular weight excluding hydrogens is 317 g/mol. The molecule has 2 unspecified atom stereocenters. The summed E-state index contributed by atoms with van der Waals surface area (Å²) in [7, 11) is -3.75. The maximum Gasteiger partial charge on any atom is 0.206 e. The zero-order valence-corrected chi connectivity index (χ0v) is 13.1. The SMILES string of the molecule is O=S(=O)(c1cccc(F)c1)c1ccc2c(c1)OC1CNCCC21. The molecule has 2 heterocycles. The van der Waals surface area contributed by atoms with E-state index in [1.807, 2.05) is 6.07 Å². The summed E-state index contributed by atoms with van der Waals surface area (Å²) >= 11 is 0. The number of ether oxygens (including phenoxy) is 1. The average Bonchev–Trinajstić information content (AvgIpc) is 2.92. The Bertz CT molecular complexity index is 866. The lowest BCUT2D eigenvalue weighted by Gasteiger charge is -2.24. The molecule has 0 amide bonds. The fourth-order valence-electron chi connectivity index (χ4n) is 3.33. The van der Waals surface area contributed by atoms with E-state index in [-0.39, 0.29) is 15.9 Å². The molecule has 0 radical (unpaired) electrons. The largest absolute Gasteiger partial charge is 0.488 e. The summed E-state index contributed by atoms with van der Waals surface area (Å²) in [5, 5.41) is 3.28. The van der Waals surface area contributed by atoms with Gasteiger partial charge in [0, 0.05) is 18.0 Å². The molecule has 0 aliphatic carbocycles. The number of piperidine rings is 1. The summed E-state index contributed by atoms with van der Waals surface area (Å²) in [6.45, 7) is 1.71. The van der Waals surface area contributed by atoms with Gasteiger partial charge in [-0.3, -0.25) is 0 Å². The van der Waals surface area contributed by atoms with Crippen LogP contribution in [0.1, 0.15) is 17.9 Å². The van der Waals surface area contributed by atoms with Gasteiger partial charge in [-0.2, -0.15) is 0 Å². The molecule has 2 atom stereocenters. The van der Waals surface area contributed by atoms with Crippen LogP contribution in [0.5, 0.6) is 5.75 Å². The first kappa shape index (κ1) is 14.7. The molecule has 0 spiro atoms. The third-order valence-electron chi connectivity index (χ3n) is 4.51. The van der Waals surface area contributed by atoms with Crippen LogP contribution >= 0.6 is 0 Å². The van der Waals surface area contributed by atoms with Crippen molar-refractivity contribution < 1.29 is 17.5 Å². The van der Waals surface area contributed by atoms with Crippen LogP contribution in [0.25, 0.3) is 0 Å². The summed E-state index contributed by atoms with van der Waals surface area (Å²) in [5.74, 6) is 0.374. The topological polar surface area (TPSA) is 55.4 Å². The molecule has 1 fully saturated rings. The monoisotopic (exact) mass is 333 g/mol. The minimum atomic E-state index is -3.75. The highest BCUT2D eigenvalue weighted by Gasteiger charge is 2.36. The van der Waals surface area contributed by atoms with Crippen molar-refractivity contribution in [2.24, 2.45) is 0 Å². The number of nitrogens with one attached hydrogen (secondary N) is 1. The van der Waals surface area contributed by atoms with Gasteiger partial charge in [0.15, 0.2) is 0 Å². The summed E-state index contributed by atoms with van der Waals surface area (Å²) in [4.78, 5) is 0.0861. The normalized spacial score (nSPS) is 23.0. The van der Waals surface area contributed by atoms with Crippen molar-refractivity contribution in [1.82, 2.24) is 5.32 Å². The third-order valence-corrected chi connectivity index (χ3v) is 6.26. The number of hydrogen-bond donors (Lipinski definition) is 1. The predicted octanol–water partition coefficient (Wildman–Crippen LogP) is 2.50. The number of sulfone groups is 1. The van der Waals surface area contributed by atoms with Crippen LogP contribution < -0.4 is 10.1 Å². The number of benzene rings is 2. The fourth-order valence-corrected chi connectivity index (χ4v) is 4.64. The van der Waals surface area contributed by atoms with E-state index in [2.05, 4.69) is 5.32 Å². The highest BCUT2D eigenvalue weighted by Crippen LogP contribution is 2.42. The lowest BCUT2D eigenvalue weighted by atomic mass is 9.90. The van der Waals surface area contributed by atoms with Crippen LogP contribution in [-0.4, -0.2) is 27.6 Å². The molecule has 4 rings (SSSR count). The van der Waals surface area contributed by atoms with E-state index in [1.165, 1.54) is 18.2 Å². The van der Waals surface area contributed by atoms with Crippen LogP contribution in [0.15, 0.2) is 52.3 Å². The minimum absolute atomic E-state index is 0.0467. The van der Waals surface area contributed by atoms with Gasteiger partial charge in [0.25, 0.3) is 0 Å². The Hall–Kier alpha value is -1.92. The van der Waals surface area contributed by atoms with Crippen molar-refractivity contribution in [2.75, 3.05) is 13.1 Å². The van der Waals surface area contributed by atoms with Crippen LogP contribution in [0.4, 0.5) is 4.39 Å². The van der Waals surface area contributed by atoms with Gasteiger partial charge >= 0.3 is 0 Å². The van der Waals surface area contributed by atoms with Crippen molar-refractivity contribution >= 4 is 9.84 Å². The van der Waals surface area contributed by atoms with Gasteiger partial charge in [-0.05, 0) is 43.3 Å². The predicted molar refractivity (Wildman–Crippen MR) is 82.9 cm³/mol. The minimum Gasteiger partial charge on any atom is -0.488 e. The Labute approximate surface area is 134 Å². The van der Waals surface area contributed by atoms with Gasteiger partial charge in [0.1, 0.15) is 17.7 Å². The molecule has 4 nitrogen and oxygen atoms in total. The van der Waals surface area contributed by atoms with Crippen molar-refractivity contribution in [1.29, 1.82) is 0 Å². The van der Waals surface area contributed by atoms with Crippen LogP contribution in [0.2, 0.25) is 0 Å². The maximum absolute atomic E-state index is 13.3. The van der Waals surface area contributed by atoms with Crippen molar-refractivity contribution in [3.63, 3.8) is 0 Å². The fraction of sp³-hybridized carbons (Fsp3) is 0.294. The molecule has 0 aromatic heterocycles. The smallest absolute Gasteiger partial charge is 0.206 e. The van der Waals surface area contributed by atoms with Crippen molar-refractivity contribution in [3.05, 3.63) is 53.8 Å². The first-order valence-corrected chi connectivity index (χ1v) is 9.06. The zero-order chi connectivity index (χ0) is 16.0. The highest BCUT2D eigenvalue weighted by molar-refractivity contribution is 7.91. The van der Waals surface area contributed by atoms with Gasteiger partial charge in [-0.15, -0.1) is 0 Å². The first-order chi connectivity index (χ1) is 11.1. The van der Waals surface area contributed by atoms with E-state index < -0.39 is 15.7 Å². The Balaban J connectivity index is 1.74. The lowest BCUT2D eigenvalue weighted by Crippen LogP contribution is -2.39. The van der Waals surface area contributed by atoms with Crippen LogP contribution in [0, 0.1) is 5.82 Å². The molecule has 2 aliphatic heterocycles. The Morgan fingerprint density at radius 1 is 1.13 bits per heavy atom. The van der Waals surface area contributed by atoms with E-state index >= 15 is 0 Å². The van der Waals surface area contributed by atoms with E-state index in [0.29, 0.717) is 11.7 Å². The standard InChI is InChI=1S/C17H16FNO3S/c18-11-2-1-3-12(8-11)23(20,21)13-4-5-14-15-6-7-19-10-17(15)22-16(14)9-13/h1-5,8-9,15,17,19H,6-7,10H2. The quantitative estimate of drug-likeness (QED) is 0.917. The van der Waals surface area contributed by atoms with Gasteiger partial charge in [-0.1, -0.05) is 12.1 Å². The highest BCUT2D eigenvalue weighted by atomic mass is 32.2. The van der Waals surface area contributed by atoms with Gasteiger partial charge in [0.05, 0.1) is 9.79 Å². The summed E-state index contributed by atoms with van der Waals surface area (Å²) < 4.78 is 44.6. The van der Waals surface area contributed by atoms with Crippen molar-refractivity contribution in [3.8, 4) is 5.75 Å². The Morgan fingerprint density at radius 2 is 1.96 bits per heavy atom. The molecule has 2 aromatic rings. The lowest BCUT2D eigenvalue weighted by molar-refractivity contribution is 0.176. The second-order valence-electron chi connectivity index (χ2n) is 5.92. The molecule has 120 valence electrons. The molecule has 6 heteroatoms. The van der Waals surface area contributed by atoms with Crippen molar-refractivity contribution in [2.45, 2.75) is 28.2 Å². The third kappa shape index (κ3) is 2.42. The Morgan fingerprint density at radius 3 is 2.78 bits per heavy atom. The molecule has 23 heavy (non-hydrogen) atoms. The van der Waals surface area contributed by atoms with E-state index in [4.69, 9.17) is 4.74 Å². The molecule has 1 saturated heterocycles. The molecule has 0 bridgehead atoms. The Kier molecular flexibility index (Phi) is 3.39. The molecular formula is C17H16FNO3S. The number of fused-ring (bicyclic) bond motifs is 3. The molecule has 1 N–H and O–H groups in total. The van der Waals surface area contributed by atoms with Gasteiger partial charge in [0.2, 0.25) is 9.84 Å². The summed E-state index contributed by atoms with van der Waals surface area (Å²) in [6, 6.07) is 10.0. The second kappa shape index (κ2) is 5.32. The average molecular weight is 333 g/mol. The zero-order valence-electron chi connectivity index (χ0n) is 12.3. The van der Waals surface area contributed by atoms with Gasteiger partial charge < -0.3 is 10.1 Å². The summed E-state index contributed by atoms with van der Waals surface area (Å²) in [5.41, 5.74) is 1.06. The maximum atomic E-state index is 13.3. The van der Waals surface area contributed by atoms with Gasteiger partial charge in [-0.25, -0.2) is 12.8 Å². The van der Waals surface area contributed by atoms with E-state index in [0.717, 1.165) is 31.1 Å². The van der Waals surface area contributed by atoms with E-state index in [9.17, 15) is 12.8 Å². The molecule has 2 aromatic carbocycles. The number of hydrogen-bond acceptors (Lipinski definition) is 4. The number of halogens is 1. The first-order valence-electron chi connectivity index (χ1n) is 7.58. The molecule has 0 saturated carbocycles. The number of rotatable bonds is 2. The van der Waals surface area contributed by atoms with Crippen LogP contribution in [-0.2, 0) is 9.84 Å². The molecule has 2 aliphatic rings.